The van der Waals surface area contributed by atoms with Gasteiger partial charge in [0.15, 0.2) is 0 Å². The number of sulfonamides is 1. The number of ether oxygens (including phenoxy) is 1. The van der Waals surface area contributed by atoms with Crippen molar-refractivity contribution in [1.82, 2.24) is 0 Å². The zero-order valence-electron chi connectivity index (χ0n) is 18.0. The number of hydrogen-bond donors (Lipinski definition) is 1. The molecule has 0 fully saturated rings. The van der Waals surface area contributed by atoms with E-state index in [1.54, 1.807) is 30.3 Å². The van der Waals surface area contributed by atoms with Crippen molar-refractivity contribution < 1.29 is 17.9 Å². The molecule has 1 amide bonds. The van der Waals surface area contributed by atoms with Crippen molar-refractivity contribution in [2.75, 3.05) is 22.8 Å². The molecule has 1 aliphatic rings. The van der Waals surface area contributed by atoms with Gasteiger partial charge in [-0.15, -0.1) is 0 Å². The molecule has 0 atom stereocenters. The van der Waals surface area contributed by atoms with Gasteiger partial charge in [0.25, 0.3) is 15.9 Å². The van der Waals surface area contributed by atoms with Gasteiger partial charge in [-0.25, -0.2) is 8.42 Å². The maximum absolute atomic E-state index is 13.1. The highest BCUT2D eigenvalue weighted by Crippen LogP contribution is 2.32. The first-order chi connectivity index (χ1) is 15.5. The van der Waals surface area contributed by atoms with Crippen molar-refractivity contribution in [3.63, 3.8) is 0 Å². The van der Waals surface area contributed by atoms with Gasteiger partial charge in [-0.2, -0.15) is 0 Å². The zero-order valence-corrected chi connectivity index (χ0v) is 18.8. The van der Waals surface area contributed by atoms with Crippen LogP contribution in [0.1, 0.15) is 35.7 Å². The molecule has 6 nitrogen and oxygen atoms in total. The molecule has 0 spiro atoms. The molecule has 3 aromatic carbocycles. The molecule has 1 heterocycles. The Kier molecular flexibility index (Phi) is 6.46. The van der Waals surface area contributed by atoms with Crippen molar-refractivity contribution in [2.24, 2.45) is 0 Å². The number of unbranched alkanes of at least 4 members (excludes halogenated alkanes) is 1. The number of nitrogens with one attached hydrogen (secondary N) is 1. The van der Waals surface area contributed by atoms with E-state index in [1.807, 2.05) is 30.3 Å². The van der Waals surface area contributed by atoms with Crippen molar-refractivity contribution in [3.8, 4) is 5.75 Å². The smallest absolute Gasteiger partial charge is 0.264 e. The van der Waals surface area contributed by atoms with Gasteiger partial charge in [-0.1, -0.05) is 37.6 Å². The fourth-order valence-corrected chi connectivity index (χ4v) is 5.16. The Balaban J connectivity index is 1.45. The SMILES string of the molecule is CCCCOc1cccc(C(=O)Nc2ccc(S(=O)(=O)N3CCc4ccccc43)cc2)c1. The summed E-state index contributed by atoms with van der Waals surface area (Å²) in [5.41, 5.74) is 2.75. The Labute approximate surface area is 188 Å². The van der Waals surface area contributed by atoms with Crippen molar-refractivity contribution in [2.45, 2.75) is 31.1 Å². The maximum atomic E-state index is 13.1. The molecular formula is C25H26N2O4S. The fourth-order valence-electron chi connectivity index (χ4n) is 3.66. The molecule has 3 aromatic rings. The number of fused-ring (bicyclic) bond motifs is 1. The molecule has 0 saturated carbocycles. The van der Waals surface area contributed by atoms with Crippen LogP contribution in [0.15, 0.2) is 77.7 Å². The van der Waals surface area contributed by atoms with Crippen LogP contribution in [0, 0.1) is 0 Å². The number of anilines is 2. The lowest BCUT2D eigenvalue weighted by Gasteiger charge is -2.19. The second-order valence-electron chi connectivity index (χ2n) is 7.66. The van der Waals surface area contributed by atoms with E-state index in [0.29, 0.717) is 36.6 Å². The van der Waals surface area contributed by atoms with Gasteiger partial charge >= 0.3 is 0 Å². The lowest BCUT2D eigenvalue weighted by Crippen LogP contribution is -2.29. The van der Waals surface area contributed by atoms with E-state index in [1.165, 1.54) is 16.4 Å². The highest BCUT2D eigenvalue weighted by molar-refractivity contribution is 7.92. The van der Waals surface area contributed by atoms with E-state index in [0.717, 1.165) is 24.1 Å². The Morgan fingerprint density at radius 3 is 2.59 bits per heavy atom. The molecule has 1 N–H and O–H groups in total. The second kappa shape index (κ2) is 9.44. The Morgan fingerprint density at radius 1 is 1.03 bits per heavy atom. The molecule has 0 bridgehead atoms. The summed E-state index contributed by atoms with van der Waals surface area (Å²) in [6.07, 6.45) is 2.69. The predicted octanol–water partition coefficient (Wildman–Crippen LogP) is 4.87. The maximum Gasteiger partial charge on any atom is 0.264 e. The van der Waals surface area contributed by atoms with Crippen molar-refractivity contribution in [1.29, 1.82) is 0 Å². The lowest BCUT2D eigenvalue weighted by molar-refractivity contribution is 0.102. The molecular weight excluding hydrogens is 424 g/mol. The summed E-state index contributed by atoms with van der Waals surface area (Å²) >= 11 is 0. The van der Waals surface area contributed by atoms with Crippen molar-refractivity contribution >= 4 is 27.3 Å². The van der Waals surface area contributed by atoms with Gasteiger partial charge in [0.2, 0.25) is 0 Å². The fraction of sp³-hybridized carbons (Fsp3) is 0.240. The first kappa shape index (κ1) is 21.9. The van der Waals surface area contributed by atoms with E-state index in [-0.39, 0.29) is 10.8 Å². The van der Waals surface area contributed by atoms with Gasteiger partial charge in [-0.3, -0.25) is 9.10 Å². The quantitative estimate of drug-likeness (QED) is 0.497. The van der Waals surface area contributed by atoms with Crippen LogP contribution in [0.5, 0.6) is 5.75 Å². The summed E-state index contributed by atoms with van der Waals surface area (Å²) < 4.78 is 33.4. The number of carbonyl (C=O) groups is 1. The van der Waals surface area contributed by atoms with Gasteiger partial charge < -0.3 is 10.1 Å². The van der Waals surface area contributed by atoms with E-state index in [2.05, 4.69) is 12.2 Å². The summed E-state index contributed by atoms with van der Waals surface area (Å²) in [7, 11) is -3.66. The minimum Gasteiger partial charge on any atom is -0.494 e. The number of hydrogen-bond acceptors (Lipinski definition) is 4. The third-order valence-corrected chi connectivity index (χ3v) is 7.23. The number of amides is 1. The number of nitrogens with zero attached hydrogens (tertiary/aromatic N) is 1. The predicted molar refractivity (Wildman–Crippen MR) is 126 cm³/mol. The van der Waals surface area contributed by atoms with Crippen LogP contribution in [0.25, 0.3) is 0 Å². The van der Waals surface area contributed by atoms with Crippen LogP contribution in [-0.2, 0) is 16.4 Å². The lowest BCUT2D eigenvalue weighted by atomic mass is 10.2. The summed E-state index contributed by atoms with van der Waals surface area (Å²) in [5, 5.41) is 2.81. The summed E-state index contributed by atoms with van der Waals surface area (Å²) in [5.74, 6) is 0.369. The largest absolute Gasteiger partial charge is 0.494 e. The molecule has 0 radical (unpaired) electrons. The normalized spacial score (nSPS) is 13.0. The average molecular weight is 451 g/mol. The molecule has 1 aliphatic heterocycles. The third-order valence-electron chi connectivity index (χ3n) is 5.41. The van der Waals surface area contributed by atoms with E-state index >= 15 is 0 Å². The average Bonchev–Trinajstić information content (AvgIpc) is 3.25. The van der Waals surface area contributed by atoms with Crippen LogP contribution >= 0.6 is 0 Å². The molecule has 0 aliphatic carbocycles. The van der Waals surface area contributed by atoms with Gasteiger partial charge in [0.1, 0.15) is 5.75 Å². The monoisotopic (exact) mass is 450 g/mol. The Morgan fingerprint density at radius 2 is 1.81 bits per heavy atom. The topological polar surface area (TPSA) is 75.7 Å². The number of para-hydroxylation sites is 1. The number of rotatable bonds is 8. The Hall–Kier alpha value is -3.32. The highest BCUT2D eigenvalue weighted by atomic mass is 32.2. The van der Waals surface area contributed by atoms with Gasteiger partial charge in [0.05, 0.1) is 17.2 Å². The zero-order chi connectivity index (χ0) is 22.6. The van der Waals surface area contributed by atoms with Crippen LogP contribution in [0.3, 0.4) is 0 Å². The van der Waals surface area contributed by atoms with Crippen LogP contribution in [0.2, 0.25) is 0 Å². The first-order valence-electron chi connectivity index (χ1n) is 10.7. The molecule has 0 aromatic heterocycles. The molecule has 166 valence electrons. The Bertz CT molecular complexity index is 1210. The standard InChI is InChI=1S/C25H26N2O4S/c1-2-3-17-31-22-9-6-8-20(18-22)25(28)26-21-11-13-23(14-12-21)32(29,30)27-16-15-19-7-4-5-10-24(19)27/h4-14,18H,2-3,15-17H2,1H3,(H,26,28). The summed E-state index contributed by atoms with van der Waals surface area (Å²) in [6, 6.07) is 20.8. The van der Waals surface area contributed by atoms with E-state index < -0.39 is 10.0 Å². The molecule has 4 rings (SSSR count). The molecule has 0 saturated heterocycles. The first-order valence-corrected chi connectivity index (χ1v) is 12.2. The molecule has 0 unspecified atom stereocenters. The molecule has 32 heavy (non-hydrogen) atoms. The summed E-state index contributed by atoms with van der Waals surface area (Å²) in [4.78, 5) is 12.8. The van der Waals surface area contributed by atoms with Crippen LogP contribution in [-0.4, -0.2) is 27.5 Å². The summed E-state index contributed by atoms with van der Waals surface area (Å²) in [6.45, 7) is 3.13. The van der Waals surface area contributed by atoms with E-state index in [9.17, 15) is 13.2 Å². The van der Waals surface area contributed by atoms with E-state index in [4.69, 9.17) is 4.74 Å². The van der Waals surface area contributed by atoms with Crippen LogP contribution in [0.4, 0.5) is 11.4 Å². The third kappa shape index (κ3) is 4.62. The van der Waals surface area contributed by atoms with Gasteiger partial charge in [0, 0.05) is 17.8 Å². The van der Waals surface area contributed by atoms with Crippen LogP contribution < -0.4 is 14.4 Å². The second-order valence-corrected chi connectivity index (χ2v) is 9.53. The number of carbonyl (C=O) groups excluding carboxylic acids is 1. The van der Waals surface area contributed by atoms with Gasteiger partial charge in [-0.05, 0) is 66.9 Å². The minimum absolute atomic E-state index is 0.193. The highest BCUT2D eigenvalue weighted by Gasteiger charge is 2.30. The minimum atomic E-state index is -3.66. The number of benzene rings is 3. The van der Waals surface area contributed by atoms with Crippen molar-refractivity contribution in [3.05, 3.63) is 83.9 Å². The molecule has 7 heteroatoms.